The van der Waals surface area contributed by atoms with Crippen LogP contribution in [0.5, 0.6) is 0 Å². The number of imidazole rings is 1. The van der Waals surface area contributed by atoms with E-state index in [-0.39, 0.29) is 12.5 Å². The molecule has 1 fully saturated rings. The summed E-state index contributed by atoms with van der Waals surface area (Å²) < 4.78 is 5.17. The summed E-state index contributed by atoms with van der Waals surface area (Å²) in [6.45, 7) is 2.89. The van der Waals surface area contributed by atoms with E-state index in [1.54, 1.807) is 17.3 Å². The van der Waals surface area contributed by atoms with Crippen molar-refractivity contribution in [3.8, 4) is 0 Å². The first-order valence-electron chi connectivity index (χ1n) is 4.95. The highest BCUT2D eigenvalue weighted by molar-refractivity contribution is 5.80. The Morgan fingerprint density at radius 1 is 1.60 bits per heavy atom. The number of morpholine rings is 1. The van der Waals surface area contributed by atoms with Crippen molar-refractivity contribution in [1.29, 1.82) is 0 Å². The Labute approximate surface area is 87.6 Å². The Kier molecular flexibility index (Phi) is 3.18. The lowest BCUT2D eigenvalue weighted by Crippen LogP contribution is -2.43. The first kappa shape index (κ1) is 9.97. The molecule has 1 aromatic heterocycles. The molecule has 1 amide bonds. The Morgan fingerprint density at radius 3 is 3.07 bits per heavy atom. The zero-order valence-electron chi connectivity index (χ0n) is 8.40. The zero-order valence-corrected chi connectivity index (χ0v) is 8.40. The molecule has 2 N–H and O–H groups in total. The maximum Gasteiger partial charge on any atom is 0.242 e. The molecule has 15 heavy (non-hydrogen) atoms. The lowest BCUT2D eigenvalue weighted by molar-refractivity contribution is -0.133. The number of nitrogens with one attached hydrogen (secondary N) is 2. The van der Waals surface area contributed by atoms with E-state index in [4.69, 9.17) is 4.74 Å². The second-order valence-corrected chi connectivity index (χ2v) is 3.28. The molecule has 0 saturated carbocycles. The molecule has 0 aliphatic carbocycles. The van der Waals surface area contributed by atoms with Crippen molar-refractivity contribution in [3.63, 3.8) is 0 Å². The number of amides is 1. The first-order valence-corrected chi connectivity index (χ1v) is 4.95. The number of carbonyl (C=O) groups is 1. The average Bonchev–Trinajstić information content (AvgIpc) is 2.80. The predicted molar refractivity (Wildman–Crippen MR) is 54.5 cm³/mol. The minimum Gasteiger partial charge on any atom is -0.378 e. The zero-order chi connectivity index (χ0) is 10.5. The predicted octanol–water partition coefficient (Wildman–Crippen LogP) is -0.320. The van der Waals surface area contributed by atoms with Gasteiger partial charge >= 0.3 is 0 Å². The molecule has 0 spiro atoms. The summed E-state index contributed by atoms with van der Waals surface area (Å²) in [5, 5.41) is 2.92. The van der Waals surface area contributed by atoms with E-state index in [2.05, 4.69) is 15.3 Å². The van der Waals surface area contributed by atoms with Crippen molar-refractivity contribution in [2.24, 2.45) is 0 Å². The summed E-state index contributed by atoms with van der Waals surface area (Å²) >= 11 is 0. The van der Waals surface area contributed by atoms with Crippen LogP contribution in [0.1, 0.15) is 0 Å². The van der Waals surface area contributed by atoms with E-state index < -0.39 is 0 Å². The molecule has 0 unspecified atom stereocenters. The maximum atomic E-state index is 11.7. The van der Waals surface area contributed by atoms with Crippen molar-refractivity contribution in [3.05, 3.63) is 12.4 Å². The van der Waals surface area contributed by atoms with Gasteiger partial charge in [-0.3, -0.25) is 4.79 Å². The molecule has 0 atom stereocenters. The fourth-order valence-electron chi connectivity index (χ4n) is 1.45. The minimum atomic E-state index is 0.0784. The van der Waals surface area contributed by atoms with Crippen LogP contribution in [0.25, 0.3) is 0 Å². The summed E-state index contributed by atoms with van der Waals surface area (Å²) in [7, 11) is 0. The second-order valence-electron chi connectivity index (χ2n) is 3.28. The van der Waals surface area contributed by atoms with Gasteiger partial charge in [-0.2, -0.15) is 0 Å². The Hall–Kier alpha value is -1.56. The van der Waals surface area contributed by atoms with Crippen LogP contribution in [-0.2, 0) is 9.53 Å². The number of aromatic nitrogens is 2. The number of H-pyrrole nitrogens is 1. The van der Waals surface area contributed by atoms with Crippen LogP contribution in [0.15, 0.2) is 12.4 Å². The van der Waals surface area contributed by atoms with Gasteiger partial charge in [0.1, 0.15) is 0 Å². The van der Waals surface area contributed by atoms with Crippen LogP contribution < -0.4 is 5.32 Å². The molecule has 0 bridgehead atoms. The van der Waals surface area contributed by atoms with E-state index in [9.17, 15) is 4.79 Å². The Balaban J connectivity index is 1.76. The van der Waals surface area contributed by atoms with Gasteiger partial charge in [0, 0.05) is 25.5 Å². The molecule has 2 rings (SSSR count). The molecule has 6 nitrogen and oxygen atoms in total. The molecule has 0 radical (unpaired) electrons. The highest BCUT2D eigenvalue weighted by atomic mass is 16.5. The Bertz CT molecular complexity index is 306. The quantitative estimate of drug-likeness (QED) is 0.717. The van der Waals surface area contributed by atoms with Gasteiger partial charge < -0.3 is 19.9 Å². The van der Waals surface area contributed by atoms with Crippen LogP contribution in [0.2, 0.25) is 0 Å². The van der Waals surface area contributed by atoms with Crippen molar-refractivity contribution in [2.75, 3.05) is 38.2 Å². The summed E-state index contributed by atoms with van der Waals surface area (Å²) in [4.78, 5) is 20.3. The molecular formula is C9H14N4O2. The minimum absolute atomic E-state index is 0.0784. The molecule has 1 aliphatic heterocycles. The monoisotopic (exact) mass is 210 g/mol. The van der Waals surface area contributed by atoms with Crippen LogP contribution in [0.4, 0.5) is 5.95 Å². The van der Waals surface area contributed by atoms with E-state index in [1.807, 2.05) is 0 Å². The third kappa shape index (κ3) is 2.69. The van der Waals surface area contributed by atoms with Gasteiger partial charge in [0.15, 0.2) is 0 Å². The van der Waals surface area contributed by atoms with Gasteiger partial charge in [0.05, 0.1) is 19.8 Å². The number of anilines is 1. The smallest absolute Gasteiger partial charge is 0.242 e. The van der Waals surface area contributed by atoms with Crippen molar-refractivity contribution < 1.29 is 9.53 Å². The third-order valence-electron chi connectivity index (χ3n) is 2.27. The molecule has 82 valence electrons. The maximum absolute atomic E-state index is 11.7. The Morgan fingerprint density at radius 2 is 2.40 bits per heavy atom. The first-order chi connectivity index (χ1) is 7.36. The largest absolute Gasteiger partial charge is 0.378 e. The van der Waals surface area contributed by atoms with Crippen molar-refractivity contribution in [1.82, 2.24) is 14.9 Å². The topological polar surface area (TPSA) is 70.2 Å². The van der Waals surface area contributed by atoms with E-state index in [0.29, 0.717) is 32.3 Å². The number of nitrogens with zero attached hydrogens (tertiary/aromatic N) is 2. The van der Waals surface area contributed by atoms with Crippen LogP contribution >= 0.6 is 0 Å². The lowest BCUT2D eigenvalue weighted by atomic mass is 10.4. The lowest BCUT2D eigenvalue weighted by Gasteiger charge is -2.26. The standard InChI is InChI=1S/C9H14N4O2/c14-8(13-3-5-15-6-4-13)7-12-9-10-1-2-11-9/h1-2H,3-7H2,(H2,10,11,12). The highest BCUT2D eigenvalue weighted by Crippen LogP contribution is 1.99. The average molecular weight is 210 g/mol. The number of ether oxygens (including phenoxy) is 1. The van der Waals surface area contributed by atoms with Gasteiger partial charge in [-0.05, 0) is 0 Å². The van der Waals surface area contributed by atoms with E-state index in [1.165, 1.54) is 0 Å². The number of rotatable bonds is 3. The summed E-state index contributed by atoms with van der Waals surface area (Å²) in [6.07, 6.45) is 3.35. The van der Waals surface area contributed by atoms with E-state index in [0.717, 1.165) is 0 Å². The van der Waals surface area contributed by atoms with Gasteiger partial charge in [-0.1, -0.05) is 0 Å². The van der Waals surface area contributed by atoms with Gasteiger partial charge in [-0.25, -0.2) is 4.98 Å². The number of carbonyl (C=O) groups excluding carboxylic acids is 1. The third-order valence-corrected chi connectivity index (χ3v) is 2.27. The molecule has 1 aliphatic rings. The number of aromatic amines is 1. The molecular weight excluding hydrogens is 196 g/mol. The molecule has 1 aromatic rings. The fourth-order valence-corrected chi connectivity index (χ4v) is 1.45. The molecule has 2 heterocycles. The fraction of sp³-hybridized carbons (Fsp3) is 0.556. The van der Waals surface area contributed by atoms with Crippen molar-refractivity contribution >= 4 is 11.9 Å². The number of hydrogen-bond acceptors (Lipinski definition) is 4. The van der Waals surface area contributed by atoms with Crippen LogP contribution in [-0.4, -0.2) is 53.6 Å². The van der Waals surface area contributed by atoms with Crippen LogP contribution in [0, 0.1) is 0 Å². The van der Waals surface area contributed by atoms with Gasteiger partial charge in [0.2, 0.25) is 11.9 Å². The highest BCUT2D eigenvalue weighted by Gasteiger charge is 2.16. The molecule has 6 heteroatoms. The normalized spacial score (nSPS) is 16.4. The molecule has 1 saturated heterocycles. The van der Waals surface area contributed by atoms with Gasteiger partial charge in [-0.15, -0.1) is 0 Å². The summed E-state index contributed by atoms with van der Waals surface area (Å²) in [5.74, 6) is 0.700. The summed E-state index contributed by atoms with van der Waals surface area (Å²) in [6, 6.07) is 0. The van der Waals surface area contributed by atoms with Crippen molar-refractivity contribution in [2.45, 2.75) is 0 Å². The SMILES string of the molecule is O=C(CNc1ncc[nH]1)N1CCOCC1. The second kappa shape index (κ2) is 4.79. The number of hydrogen-bond donors (Lipinski definition) is 2. The van der Waals surface area contributed by atoms with Crippen LogP contribution in [0.3, 0.4) is 0 Å². The van der Waals surface area contributed by atoms with Gasteiger partial charge in [0.25, 0.3) is 0 Å². The molecule has 0 aromatic carbocycles. The van der Waals surface area contributed by atoms with E-state index >= 15 is 0 Å². The summed E-state index contributed by atoms with van der Waals surface area (Å²) in [5.41, 5.74) is 0.